The van der Waals surface area contributed by atoms with Crippen molar-refractivity contribution in [1.29, 1.82) is 0 Å². The number of esters is 2. The molecule has 0 spiro atoms. The quantitative estimate of drug-likeness (QED) is 0.362. The van der Waals surface area contributed by atoms with Crippen LogP contribution in [0.3, 0.4) is 0 Å². The van der Waals surface area contributed by atoms with Gasteiger partial charge in [-0.05, 0) is 44.7 Å². The van der Waals surface area contributed by atoms with Gasteiger partial charge in [0.2, 0.25) is 5.71 Å². The molecule has 0 unspecified atom stereocenters. The normalized spacial score (nSPS) is 20.4. The molecule has 0 saturated heterocycles. The highest BCUT2D eigenvalue weighted by Gasteiger charge is 2.58. The van der Waals surface area contributed by atoms with Crippen molar-refractivity contribution < 1.29 is 28.7 Å². The van der Waals surface area contributed by atoms with Gasteiger partial charge in [-0.15, -0.1) is 0 Å². The van der Waals surface area contributed by atoms with Crippen LogP contribution in [0.15, 0.2) is 24.3 Å². The lowest BCUT2D eigenvalue weighted by Crippen LogP contribution is -2.54. The Morgan fingerprint density at radius 1 is 1.12 bits per heavy atom. The number of rotatable bonds is 8. The summed E-state index contributed by atoms with van der Waals surface area (Å²) in [6.45, 7) is 6.98. The fourth-order valence-electron chi connectivity index (χ4n) is 5.90. The fraction of sp³-hybridized carbons (Fsp3) is 0.577. The molecule has 3 heterocycles. The zero-order chi connectivity index (χ0) is 23.6. The maximum atomic E-state index is 13.2. The Morgan fingerprint density at radius 3 is 2.45 bits per heavy atom. The molecule has 2 aliphatic rings. The molecule has 178 valence electrons. The van der Waals surface area contributed by atoms with Crippen LogP contribution in [0.2, 0.25) is 0 Å². The zero-order valence-electron chi connectivity index (χ0n) is 19.9. The van der Waals surface area contributed by atoms with Gasteiger partial charge in [-0.2, -0.15) is 0 Å². The molecule has 7 heteroatoms. The molecule has 7 nitrogen and oxygen atoms in total. The van der Waals surface area contributed by atoms with E-state index in [1.54, 1.807) is 13.8 Å². The molecule has 33 heavy (non-hydrogen) atoms. The summed E-state index contributed by atoms with van der Waals surface area (Å²) in [4.78, 5) is 30.0. The molecule has 0 amide bonds. The van der Waals surface area contributed by atoms with Crippen molar-refractivity contribution in [2.45, 2.75) is 52.9 Å². The molecular formula is C26H35N2O5+. The summed E-state index contributed by atoms with van der Waals surface area (Å²) >= 11 is 0. The lowest BCUT2D eigenvalue weighted by atomic mass is 9.62. The highest BCUT2D eigenvalue weighted by molar-refractivity contribution is 6.08. The van der Waals surface area contributed by atoms with E-state index >= 15 is 0 Å². The third-order valence-corrected chi connectivity index (χ3v) is 7.50. The van der Waals surface area contributed by atoms with E-state index in [1.807, 2.05) is 6.07 Å². The Labute approximate surface area is 194 Å². The summed E-state index contributed by atoms with van der Waals surface area (Å²) in [6, 6.07) is 8.32. The van der Waals surface area contributed by atoms with Crippen LogP contribution in [0.1, 0.15) is 57.7 Å². The van der Waals surface area contributed by atoms with Crippen LogP contribution in [0.5, 0.6) is 0 Å². The molecule has 2 N–H and O–H groups in total. The number of aromatic amines is 1. The Kier molecular flexibility index (Phi) is 6.61. The Balaban J connectivity index is 1.87. The minimum Gasteiger partial charge on any atom is -0.465 e. The summed E-state index contributed by atoms with van der Waals surface area (Å²) < 4.78 is 13.0. The highest BCUT2D eigenvalue weighted by Crippen LogP contribution is 2.48. The Morgan fingerprint density at radius 2 is 1.82 bits per heavy atom. The number of aliphatic hydroxyl groups is 1. The first-order valence-corrected chi connectivity index (χ1v) is 12.1. The van der Waals surface area contributed by atoms with Gasteiger partial charge < -0.3 is 19.6 Å². The van der Waals surface area contributed by atoms with Gasteiger partial charge in [0, 0.05) is 23.7 Å². The number of carbonyl (C=O) groups is 2. The highest BCUT2D eigenvalue weighted by atomic mass is 16.6. The van der Waals surface area contributed by atoms with Crippen LogP contribution < -0.4 is 0 Å². The predicted molar refractivity (Wildman–Crippen MR) is 125 cm³/mol. The van der Waals surface area contributed by atoms with Gasteiger partial charge in [0.05, 0.1) is 25.2 Å². The molecule has 2 aromatic rings. The minimum absolute atomic E-state index is 0.133. The second-order valence-corrected chi connectivity index (χ2v) is 9.21. The van der Waals surface area contributed by atoms with Crippen LogP contribution in [0.25, 0.3) is 10.9 Å². The molecule has 0 radical (unpaired) electrons. The van der Waals surface area contributed by atoms with Gasteiger partial charge in [0.25, 0.3) is 0 Å². The van der Waals surface area contributed by atoms with E-state index in [2.05, 4.69) is 34.7 Å². The van der Waals surface area contributed by atoms with Crippen molar-refractivity contribution in [3.8, 4) is 0 Å². The number of aliphatic hydroxyl groups excluding tert-OH is 1. The summed E-state index contributed by atoms with van der Waals surface area (Å²) in [6.07, 6.45) is 3.62. The summed E-state index contributed by atoms with van der Waals surface area (Å²) in [5.74, 6) is -1.41. The topological polar surface area (TPSA) is 91.6 Å². The van der Waals surface area contributed by atoms with Gasteiger partial charge in [0.15, 0.2) is 5.41 Å². The van der Waals surface area contributed by atoms with Crippen molar-refractivity contribution >= 4 is 28.6 Å². The smallest absolute Gasteiger partial charge is 0.325 e. The van der Waals surface area contributed by atoms with E-state index in [-0.39, 0.29) is 19.6 Å². The summed E-state index contributed by atoms with van der Waals surface area (Å²) in [5.41, 5.74) is 2.41. The van der Waals surface area contributed by atoms with Gasteiger partial charge in [-0.1, -0.05) is 25.1 Å². The maximum Gasteiger partial charge on any atom is 0.325 e. The van der Waals surface area contributed by atoms with Crippen LogP contribution in [-0.4, -0.2) is 65.2 Å². The van der Waals surface area contributed by atoms with Crippen molar-refractivity contribution in [2.24, 2.45) is 10.8 Å². The van der Waals surface area contributed by atoms with Crippen LogP contribution in [0, 0.1) is 10.8 Å². The second-order valence-electron chi connectivity index (χ2n) is 9.21. The number of H-pyrrole nitrogens is 1. The van der Waals surface area contributed by atoms with Crippen molar-refractivity contribution in [3.63, 3.8) is 0 Å². The van der Waals surface area contributed by atoms with Gasteiger partial charge in [-0.3, -0.25) is 9.59 Å². The zero-order valence-corrected chi connectivity index (χ0v) is 19.9. The van der Waals surface area contributed by atoms with E-state index in [0.717, 1.165) is 55.7 Å². The number of hydrogen-bond acceptors (Lipinski definition) is 5. The number of carbonyl (C=O) groups excluding carboxylic acids is 2. The number of benzene rings is 1. The largest absolute Gasteiger partial charge is 0.465 e. The van der Waals surface area contributed by atoms with Crippen molar-refractivity contribution in [2.75, 3.05) is 32.9 Å². The fourth-order valence-corrected chi connectivity index (χ4v) is 5.90. The number of aromatic nitrogens is 1. The van der Waals surface area contributed by atoms with Gasteiger partial charge in [-0.25, -0.2) is 4.58 Å². The van der Waals surface area contributed by atoms with Gasteiger partial charge in [0.1, 0.15) is 18.8 Å². The lowest BCUT2D eigenvalue weighted by molar-refractivity contribution is -0.538. The number of para-hydroxylation sites is 1. The number of fused-ring (bicyclic) bond motifs is 4. The van der Waals surface area contributed by atoms with E-state index in [0.29, 0.717) is 0 Å². The number of hydrogen-bond donors (Lipinski definition) is 2. The molecule has 1 aromatic heterocycles. The van der Waals surface area contributed by atoms with Crippen molar-refractivity contribution in [1.82, 2.24) is 4.98 Å². The molecule has 1 atom stereocenters. The first-order valence-electron chi connectivity index (χ1n) is 12.1. The lowest BCUT2D eigenvalue weighted by Gasteiger charge is -2.41. The van der Waals surface area contributed by atoms with E-state index in [4.69, 9.17) is 9.47 Å². The molecular weight excluding hydrogens is 420 g/mol. The molecule has 2 aliphatic heterocycles. The number of nitrogens with zero attached hydrogens (tertiary/aromatic N) is 1. The SMILES string of the molecule is CCOC(=O)C(CO)(C[C@@]1(CC)CCC[N+]2=C1c1[nH]c3ccccc3c1CC2)C(=O)OCC. The number of ether oxygens (including phenoxy) is 2. The van der Waals surface area contributed by atoms with Crippen molar-refractivity contribution in [3.05, 3.63) is 35.5 Å². The standard InChI is InChI=1S/C26H34N2O5/c1-4-25(16-26(17-29,23(30)32-5-2)24(31)33-6-3)13-9-14-28-15-12-19-18-10-7-8-11-20(18)27-21(19)22(25)28/h7-8,10-11,29H,4-6,9,12-17H2,1-3H3/p+1/t25-/m1/s1. The Hall–Kier alpha value is -2.67. The minimum atomic E-state index is -1.75. The third-order valence-electron chi connectivity index (χ3n) is 7.50. The monoisotopic (exact) mass is 455 g/mol. The molecule has 0 aliphatic carbocycles. The van der Waals surface area contributed by atoms with Crippen LogP contribution >= 0.6 is 0 Å². The maximum absolute atomic E-state index is 13.2. The molecule has 1 aromatic carbocycles. The second kappa shape index (κ2) is 9.29. The molecule has 0 bridgehead atoms. The Bertz CT molecular complexity index is 1070. The molecule has 0 saturated carbocycles. The average Bonchev–Trinajstić information content (AvgIpc) is 3.21. The molecule has 4 rings (SSSR count). The van der Waals surface area contributed by atoms with Crippen LogP contribution in [-0.2, 0) is 25.5 Å². The van der Waals surface area contributed by atoms with Gasteiger partial charge >= 0.3 is 11.9 Å². The summed E-state index contributed by atoms with van der Waals surface area (Å²) in [5, 5.41) is 11.7. The predicted octanol–water partition coefficient (Wildman–Crippen LogP) is 3.21. The van der Waals surface area contributed by atoms with E-state index < -0.39 is 29.4 Å². The summed E-state index contributed by atoms with van der Waals surface area (Å²) in [7, 11) is 0. The number of nitrogens with one attached hydrogen (secondary N) is 1. The van der Waals surface area contributed by atoms with E-state index in [1.165, 1.54) is 10.9 Å². The first-order chi connectivity index (χ1) is 16.0. The third kappa shape index (κ3) is 3.76. The average molecular weight is 456 g/mol. The van der Waals surface area contributed by atoms with Crippen LogP contribution in [0.4, 0.5) is 0 Å². The first kappa shape index (κ1) is 23.5. The molecule has 0 fully saturated rings. The van der Waals surface area contributed by atoms with E-state index in [9.17, 15) is 14.7 Å².